The first-order chi connectivity index (χ1) is 17.2. The molecule has 0 spiro atoms. The van der Waals surface area contributed by atoms with E-state index in [2.05, 4.69) is 75.9 Å². The molecular formula is C27H32N4O2S2. The summed E-state index contributed by atoms with van der Waals surface area (Å²) in [5.41, 5.74) is 10.3. The Morgan fingerprint density at radius 2 is 2.26 bits per heavy atom. The summed E-state index contributed by atoms with van der Waals surface area (Å²) in [4.78, 5) is 8.33. The van der Waals surface area contributed by atoms with Crippen molar-refractivity contribution < 1.29 is 9.47 Å². The molecule has 1 saturated heterocycles. The van der Waals surface area contributed by atoms with Crippen LogP contribution in [-0.2, 0) is 9.47 Å². The number of aromatic nitrogens is 1. The van der Waals surface area contributed by atoms with Gasteiger partial charge in [-0.05, 0) is 74.6 Å². The van der Waals surface area contributed by atoms with Crippen molar-refractivity contribution in [2.45, 2.75) is 50.2 Å². The molecule has 0 radical (unpaired) electrons. The van der Waals surface area contributed by atoms with Crippen molar-refractivity contribution in [2.75, 3.05) is 31.7 Å². The third-order valence-corrected chi connectivity index (χ3v) is 9.18. The highest BCUT2D eigenvalue weighted by atomic mass is 32.2. The molecular weight excluding hydrogens is 476 g/mol. The van der Waals surface area contributed by atoms with Gasteiger partial charge in [-0.2, -0.15) is 0 Å². The van der Waals surface area contributed by atoms with Crippen molar-refractivity contribution in [3.05, 3.63) is 70.4 Å². The molecule has 0 amide bonds. The fourth-order valence-electron chi connectivity index (χ4n) is 5.18. The van der Waals surface area contributed by atoms with E-state index in [4.69, 9.17) is 9.47 Å². The molecule has 5 heterocycles. The predicted molar refractivity (Wildman–Crippen MR) is 145 cm³/mol. The molecule has 2 aromatic rings. The van der Waals surface area contributed by atoms with Gasteiger partial charge >= 0.3 is 0 Å². The second-order valence-electron chi connectivity index (χ2n) is 9.35. The minimum absolute atomic E-state index is 0.00810. The first kappa shape index (κ1) is 23.3. The van der Waals surface area contributed by atoms with E-state index in [1.807, 2.05) is 17.3 Å². The summed E-state index contributed by atoms with van der Waals surface area (Å²) >= 11 is 3.62. The number of hydrazine groups is 1. The lowest BCUT2D eigenvalue weighted by atomic mass is 9.97. The second kappa shape index (κ2) is 10.5. The molecule has 1 aromatic heterocycles. The topological polar surface area (TPSA) is 49.9 Å². The molecule has 184 valence electrons. The number of ether oxygens (including phenoxy) is 2. The molecule has 3 atom stereocenters. The minimum atomic E-state index is -0.00810. The largest absolute Gasteiger partial charge is 0.353 e. The number of anilines is 1. The smallest absolute Gasteiger partial charge is 0.157 e. The molecule has 4 aliphatic rings. The number of nitrogens with one attached hydrogen (secondary N) is 1. The van der Waals surface area contributed by atoms with E-state index < -0.39 is 0 Å². The number of benzene rings is 1. The van der Waals surface area contributed by atoms with Gasteiger partial charge in [0.25, 0.3) is 0 Å². The van der Waals surface area contributed by atoms with E-state index >= 15 is 0 Å². The summed E-state index contributed by atoms with van der Waals surface area (Å²) in [6, 6.07) is 6.77. The lowest BCUT2D eigenvalue weighted by Crippen LogP contribution is -2.42. The molecule has 0 saturated carbocycles. The van der Waals surface area contributed by atoms with Crippen LogP contribution in [0.1, 0.15) is 32.6 Å². The number of rotatable bonds is 7. The normalized spacial score (nSPS) is 26.9. The molecule has 35 heavy (non-hydrogen) atoms. The molecule has 6 rings (SSSR count). The zero-order valence-electron chi connectivity index (χ0n) is 20.1. The molecule has 1 fully saturated rings. The van der Waals surface area contributed by atoms with Crippen LogP contribution in [0.25, 0.3) is 10.2 Å². The van der Waals surface area contributed by atoms with Gasteiger partial charge in [0.1, 0.15) is 0 Å². The first-order valence-electron chi connectivity index (χ1n) is 12.6. The highest BCUT2D eigenvalue weighted by Crippen LogP contribution is 2.45. The Labute approximate surface area is 215 Å². The van der Waals surface area contributed by atoms with Crippen LogP contribution in [0.3, 0.4) is 0 Å². The van der Waals surface area contributed by atoms with Crippen LogP contribution in [0, 0.1) is 0 Å². The fraction of sp³-hybridized carbons (Fsp3) is 0.444. The molecule has 3 unspecified atom stereocenters. The van der Waals surface area contributed by atoms with Gasteiger partial charge in [-0.25, -0.2) is 4.98 Å². The van der Waals surface area contributed by atoms with Crippen LogP contribution in [-0.4, -0.2) is 58.8 Å². The lowest BCUT2D eigenvalue weighted by Gasteiger charge is -2.36. The van der Waals surface area contributed by atoms with Crippen molar-refractivity contribution in [3.63, 3.8) is 0 Å². The zero-order valence-corrected chi connectivity index (χ0v) is 21.7. The summed E-state index contributed by atoms with van der Waals surface area (Å²) in [5.74, 6) is 0. The molecule has 1 aromatic carbocycles. The van der Waals surface area contributed by atoms with Gasteiger partial charge in [0.05, 0.1) is 39.0 Å². The fourth-order valence-corrected chi connectivity index (χ4v) is 7.18. The quantitative estimate of drug-likeness (QED) is 0.467. The van der Waals surface area contributed by atoms with Crippen molar-refractivity contribution in [1.82, 2.24) is 14.9 Å². The molecule has 1 N–H and O–H groups in total. The van der Waals surface area contributed by atoms with E-state index in [-0.39, 0.29) is 6.29 Å². The monoisotopic (exact) mass is 508 g/mol. The van der Waals surface area contributed by atoms with E-state index in [1.54, 1.807) is 11.3 Å². The molecule has 8 heteroatoms. The maximum atomic E-state index is 6.03. The number of thiazole rings is 1. The summed E-state index contributed by atoms with van der Waals surface area (Å²) in [7, 11) is 0. The average Bonchev–Trinajstić information content (AvgIpc) is 3.53. The molecule has 4 aliphatic heterocycles. The van der Waals surface area contributed by atoms with Crippen molar-refractivity contribution in [2.24, 2.45) is 0 Å². The van der Waals surface area contributed by atoms with Gasteiger partial charge in [0, 0.05) is 36.8 Å². The minimum Gasteiger partial charge on any atom is -0.353 e. The van der Waals surface area contributed by atoms with Crippen LogP contribution >= 0.6 is 23.1 Å². The Hall–Kier alpha value is -2.10. The number of nitrogens with zero attached hydrogens (tertiary/aromatic N) is 3. The Balaban J connectivity index is 1.11. The van der Waals surface area contributed by atoms with Gasteiger partial charge in [0.15, 0.2) is 6.29 Å². The van der Waals surface area contributed by atoms with Gasteiger partial charge in [0.2, 0.25) is 0 Å². The summed E-state index contributed by atoms with van der Waals surface area (Å²) in [5, 5.41) is 2.49. The first-order valence-corrected chi connectivity index (χ1v) is 14.3. The lowest BCUT2D eigenvalue weighted by molar-refractivity contribution is -0.164. The standard InChI is InChI=1S/C27H32N4O2S2/c1-19-21(6-4-11-30(19)13-15-33-27-8-2-3-14-32-27)26-17-23-25(35-26)7-5-12-31(23)29-20-9-10-24-22(16-20)28-18-34-24/h5-7,9-10,12,16-19,26-27,29H,2-4,8,11,13-15H2,1H3. The maximum Gasteiger partial charge on any atom is 0.157 e. The van der Waals surface area contributed by atoms with Gasteiger partial charge in [-0.3, -0.25) is 15.3 Å². The van der Waals surface area contributed by atoms with Crippen molar-refractivity contribution in [3.8, 4) is 0 Å². The van der Waals surface area contributed by atoms with Crippen LogP contribution in [0.5, 0.6) is 0 Å². The maximum absolute atomic E-state index is 6.03. The Morgan fingerprint density at radius 1 is 1.29 bits per heavy atom. The van der Waals surface area contributed by atoms with E-state index in [1.165, 1.54) is 27.3 Å². The van der Waals surface area contributed by atoms with E-state index in [0.29, 0.717) is 11.3 Å². The highest BCUT2D eigenvalue weighted by Gasteiger charge is 2.33. The van der Waals surface area contributed by atoms with Gasteiger partial charge < -0.3 is 9.47 Å². The van der Waals surface area contributed by atoms with Crippen molar-refractivity contribution >= 4 is 39.0 Å². The SMILES string of the molecule is CC1C(C2C=C3C(=CC=CN3Nc3ccc4scnc4c3)S2)=CCCN1CCOC1CCCCO1. The molecule has 6 nitrogen and oxygen atoms in total. The second-order valence-corrected chi connectivity index (χ2v) is 11.4. The Kier molecular flexibility index (Phi) is 6.98. The predicted octanol–water partition coefficient (Wildman–Crippen LogP) is 5.90. The Morgan fingerprint density at radius 3 is 3.17 bits per heavy atom. The third-order valence-electron chi connectivity index (χ3n) is 7.11. The Bertz CT molecular complexity index is 1180. The van der Waals surface area contributed by atoms with E-state index in [0.717, 1.165) is 56.8 Å². The molecule has 0 aliphatic carbocycles. The number of fused-ring (bicyclic) bond motifs is 2. The highest BCUT2D eigenvalue weighted by molar-refractivity contribution is 8.04. The number of hydrogen-bond acceptors (Lipinski definition) is 8. The van der Waals surface area contributed by atoms with Crippen LogP contribution in [0.15, 0.2) is 70.4 Å². The van der Waals surface area contributed by atoms with E-state index in [9.17, 15) is 0 Å². The summed E-state index contributed by atoms with van der Waals surface area (Å²) in [6.07, 6.45) is 15.8. The third kappa shape index (κ3) is 5.08. The van der Waals surface area contributed by atoms with Gasteiger partial charge in [-0.15, -0.1) is 23.1 Å². The van der Waals surface area contributed by atoms with Crippen LogP contribution < -0.4 is 5.43 Å². The zero-order chi connectivity index (χ0) is 23.6. The number of hydrogen-bond donors (Lipinski definition) is 1. The molecule has 0 bridgehead atoms. The average molecular weight is 509 g/mol. The summed E-state index contributed by atoms with van der Waals surface area (Å²) in [6.45, 7) is 5.95. The number of thioether (sulfide) groups is 1. The van der Waals surface area contributed by atoms with Crippen LogP contribution in [0.2, 0.25) is 0 Å². The van der Waals surface area contributed by atoms with Crippen LogP contribution in [0.4, 0.5) is 5.69 Å². The van der Waals surface area contributed by atoms with Gasteiger partial charge in [-0.1, -0.05) is 6.08 Å². The number of allylic oxidation sites excluding steroid dienone is 2. The summed E-state index contributed by atoms with van der Waals surface area (Å²) < 4.78 is 13.0. The van der Waals surface area contributed by atoms with Crippen molar-refractivity contribution in [1.29, 1.82) is 0 Å².